The van der Waals surface area contributed by atoms with Crippen LogP contribution in [0.4, 0.5) is 11.4 Å². The Kier molecular flexibility index (Phi) is 3.20. The highest BCUT2D eigenvalue weighted by atomic mass is 16.5. The number of rotatable bonds is 2. The van der Waals surface area contributed by atoms with Gasteiger partial charge in [0.15, 0.2) is 0 Å². The zero-order valence-corrected chi connectivity index (χ0v) is 11.2. The molecule has 21 heavy (non-hydrogen) atoms. The average molecular weight is 278 g/mol. The molecule has 0 bridgehead atoms. The van der Waals surface area contributed by atoms with Crippen molar-refractivity contribution in [1.29, 1.82) is 0 Å². The van der Waals surface area contributed by atoms with Crippen LogP contribution in [0, 0.1) is 0 Å². The van der Waals surface area contributed by atoms with Gasteiger partial charge >= 0.3 is 5.97 Å². The zero-order valence-electron chi connectivity index (χ0n) is 11.2. The lowest BCUT2D eigenvalue weighted by molar-refractivity contribution is 0.0737. The Morgan fingerprint density at radius 3 is 2.24 bits per heavy atom. The van der Waals surface area contributed by atoms with Crippen LogP contribution in [0.2, 0.25) is 0 Å². The molecular formula is C17H14N2O2. The molecule has 3 aromatic carbocycles. The standard InChI is InChI=1S/C17H14N2O2/c18-12-9-7-11(8-10-12)17(20)21-16-6-2-3-13-14(16)4-1-5-15(13)19/h1-10H,18-19H2. The summed E-state index contributed by atoms with van der Waals surface area (Å²) in [6.07, 6.45) is 0. The molecule has 3 aromatic rings. The second kappa shape index (κ2) is 5.17. The van der Waals surface area contributed by atoms with E-state index in [2.05, 4.69) is 0 Å². The van der Waals surface area contributed by atoms with Crippen LogP contribution in [0.15, 0.2) is 60.7 Å². The van der Waals surface area contributed by atoms with Crippen molar-refractivity contribution >= 4 is 28.1 Å². The number of carbonyl (C=O) groups excluding carboxylic acids is 1. The van der Waals surface area contributed by atoms with Crippen LogP contribution in [-0.4, -0.2) is 5.97 Å². The fraction of sp³-hybridized carbons (Fsp3) is 0. The molecule has 0 atom stereocenters. The average Bonchev–Trinajstić information content (AvgIpc) is 2.49. The van der Waals surface area contributed by atoms with Gasteiger partial charge in [-0.2, -0.15) is 0 Å². The number of nitrogens with two attached hydrogens (primary N) is 2. The largest absolute Gasteiger partial charge is 0.422 e. The monoisotopic (exact) mass is 278 g/mol. The number of fused-ring (bicyclic) bond motifs is 1. The minimum Gasteiger partial charge on any atom is -0.422 e. The van der Waals surface area contributed by atoms with Gasteiger partial charge in [0.25, 0.3) is 0 Å². The number of ether oxygens (including phenoxy) is 1. The molecule has 0 aromatic heterocycles. The highest BCUT2D eigenvalue weighted by Gasteiger charge is 2.11. The number of hydrogen-bond donors (Lipinski definition) is 2. The summed E-state index contributed by atoms with van der Waals surface area (Å²) in [6.45, 7) is 0. The maximum Gasteiger partial charge on any atom is 0.343 e. The fourth-order valence-electron chi connectivity index (χ4n) is 2.17. The normalized spacial score (nSPS) is 10.5. The van der Waals surface area contributed by atoms with Crippen molar-refractivity contribution in [3.63, 3.8) is 0 Å². The van der Waals surface area contributed by atoms with Gasteiger partial charge in [-0.25, -0.2) is 4.79 Å². The van der Waals surface area contributed by atoms with Gasteiger partial charge in [0.1, 0.15) is 5.75 Å². The molecule has 0 aliphatic rings. The first-order valence-corrected chi connectivity index (χ1v) is 6.50. The van der Waals surface area contributed by atoms with Crippen LogP contribution in [0.5, 0.6) is 5.75 Å². The smallest absolute Gasteiger partial charge is 0.343 e. The van der Waals surface area contributed by atoms with Crippen molar-refractivity contribution in [3.05, 3.63) is 66.2 Å². The van der Waals surface area contributed by atoms with Crippen LogP contribution in [0.1, 0.15) is 10.4 Å². The lowest BCUT2D eigenvalue weighted by Gasteiger charge is -2.09. The molecule has 0 unspecified atom stereocenters. The number of esters is 1. The van der Waals surface area contributed by atoms with E-state index < -0.39 is 5.97 Å². The molecule has 4 nitrogen and oxygen atoms in total. The molecule has 0 fully saturated rings. The summed E-state index contributed by atoms with van der Waals surface area (Å²) in [7, 11) is 0. The van der Waals surface area contributed by atoms with Gasteiger partial charge in [0.05, 0.1) is 5.56 Å². The third-order valence-corrected chi connectivity index (χ3v) is 3.26. The van der Waals surface area contributed by atoms with Gasteiger partial charge in [-0.05, 0) is 36.4 Å². The Morgan fingerprint density at radius 1 is 0.810 bits per heavy atom. The third-order valence-electron chi connectivity index (χ3n) is 3.26. The predicted octanol–water partition coefficient (Wildman–Crippen LogP) is 3.22. The number of hydrogen-bond acceptors (Lipinski definition) is 4. The van der Waals surface area contributed by atoms with Crippen molar-refractivity contribution in [2.75, 3.05) is 11.5 Å². The molecule has 0 spiro atoms. The quantitative estimate of drug-likeness (QED) is 0.428. The first kappa shape index (κ1) is 13.0. The first-order valence-electron chi connectivity index (χ1n) is 6.50. The molecule has 0 amide bonds. The molecule has 3 rings (SSSR count). The highest BCUT2D eigenvalue weighted by Crippen LogP contribution is 2.29. The molecule has 4 N–H and O–H groups in total. The van der Waals surface area contributed by atoms with Crippen LogP contribution in [0.25, 0.3) is 10.8 Å². The van der Waals surface area contributed by atoms with E-state index in [0.717, 1.165) is 10.8 Å². The minimum absolute atomic E-state index is 0.426. The molecular weight excluding hydrogens is 264 g/mol. The first-order chi connectivity index (χ1) is 10.1. The molecule has 0 aliphatic carbocycles. The zero-order chi connectivity index (χ0) is 14.8. The molecule has 0 aliphatic heterocycles. The Morgan fingerprint density at radius 2 is 1.48 bits per heavy atom. The Bertz CT molecular complexity index is 811. The summed E-state index contributed by atoms with van der Waals surface area (Å²) in [6, 6.07) is 17.6. The van der Waals surface area contributed by atoms with Gasteiger partial charge in [0, 0.05) is 22.1 Å². The van der Waals surface area contributed by atoms with Crippen LogP contribution in [0.3, 0.4) is 0 Å². The summed E-state index contributed by atoms with van der Waals surface area (Å²) < 4.78 is 5.47. The fourth-order valence-corrected chi connectivity index (χ4v) is 2.17. The maximum atomic E-state index is 12.2. The third kappa shape index (κ3) is 2.51. The van der Waals surface area contributed by atoms with Crippen LogP contribution in [-0.2, 0) is 0 Å². The summed E-state index contributed by atoms with van der Waals surface area (Å²) in [5, 5.41) is 1.67. The van der Waals surface area contributed by atoms with Crippen molar-refractivity contribution in [1.82, 2.24) is 0 Å². The van der Waals surface area contributed by atoms with Gasteiger partial charge in [-0.3, -0.25) is 0 Å². The van der Waals surface area contributed by atoms with Crippen LogP contribution >= 0.6 is 0 Å². The van der Waals surface area contributed by atoms with Crippen molar-refractivity contribution in [2.45, 2.75) is 0 Å². The SMILES string of the molecule is Nc1ccc(C(=O)Oc2cccc3c(N)cccc23)cc1. The molecule has 0 saturated carbocycles. The minimum atomic E-state index is -0.426. The summed E-state index contributed by atoms with van der Waals surface area (Å²) in [4.78, 5) is 12.2. The Balaban J connectivity index is 1.96. The van der Waals surface area contributed by atoms with Crippen molar-refractivity contribution < 1.29 is 9.53 Å². The lowest BCUT2D eigenvalue weighted by atomic mass is 10.1. The van der Waals surface area contributed by atoms with Gasteiger partial charge < -0.3 is 16.2 Å². The van der Waals surface area contributed by atoms with E-state index in [1.54, 1.807) is 30.3 Å². The van der Waals surface area contributed by atoms with E-state index in [1.807, 2.05) is 30.3 Å². The predicted molar refractivity (Wildman–Crippen MR) is 84.2 cm³/mol. The Labute approximate surface area is 121 Å². The van der Waals surface area contributed by atoms with E-state index in [0.29, 0.717) is 22.7 Å². The van der Waals surface area contributed by atoms with Gasteiger partial charge in [-0.15, -0.1) is 0 Å². The van der Waals surface area contributed by atoms with Crippen LogP contribution < -0.4 is 16.2 Å². The molecule has 0 heterocycles. The van der Waals surface area contributed by atoms with E-state index >= 15 is 0 Å². The van der Waals surface area contributed by atoms with Gasteiger partial charge in [0.2, 0.25) is 0 Å². The molecule has 4 heteroatoms. The number of nitrogen functional groups attached to an aromatic ring is 2. The lowest BCUT2D eigenvalue weighted by Crippen LogP contribution is -2.08. The molecule has 0 radical (unpaired) electrons. The number of carbonyl (C=O) groups is 1. The summed E-state index contributed by atoms with van der Waals surface area (Å²) in [5.41, 5.74) is 13.2. The van der Waals surface area contributed by atoms with E-state index in [1.165, 1.54) is 0 Å². The van der Waals surface area contributed by atoms with E-state index in [9.17, 15) is 4.79 Å². The van der Waals surface area contributed by atoms with Crippen molar-refractivity contribution in [2.24, 2.45) is 0 Å². The van der Waals surface area contributed by atoms with E-state index in [4.69, 9.17) is 16.2 Å². The van der Waals surface area contributed by atoms with E-state index in [-0.39, 0.29) is 0 Å². The van der Waals surface area contributed by atoms with Crippen molar-refractivity contribution in [3.8, 4) is 5.75 Å². The number of benzene rings is 3. The maximum absolute atomic E-state index is 12.2. The topological polar surface area (TPSA) is 78.3 Å². The summed E-state index contributed by atoms with van der Waals surface area (Å²) in [5.74, 6) is 0.0616. The molecule has 0 saturated heterocycles. The van der Waals surface area contributed by atoms with Gasteiger partial charge in [-0.1, -0.05) is 24.3 Å². The highest BCUT2D eigenvalue weighted by molar-refractivity contribution is 5.99. The Hall–Kier alpha value is -3.01. The summed E-state index contributed by atoms with van der Waals surface area (Å²) >= 11 is 0. The second-order valence-electron chi connectivity index (χ2n) is 4.71. The number of anilines is 2. The second-order valence-corrected chi connectivity index (χ2v) is 4.71. The molecule has 104 valence electrons.